The summed E-state index contributed by atoms with van der Waals surface area (Å²) in [6, 6.07) is 2.63. The SMILES string of the molecule is CCCNCc1cc(F)c(OC2CCOC2)c(F)c1. The minimum atomic E-state index is -0.653. The van der Waals surface area contributed by atoms with E-state index in [1.54, 1.807) is 0 Å². The highest BCUT2D eigenvalue weighted by molar-refractivity contribution is 5.31. The lowest BCUT2D eigenvalue weighted by molar-refractivity contribution is 0.134. The van der Waals surface area contributed by atoms with E-state index in [-0.39, 0.29) is 11.9 Å². The summed E-state index contributed by atoms with van der Waals surface area (Å²) >= 11 is 0. The van der Waals surface area contributed by atoms with Gasteiger partial charge in [-0.1, -0.05) is 6.92 Å². The van der Waals surface area contributed by atoms with Crippen LogP contribution in [0.25, 0.3) is 0 Å². The number of halogens is 2. The first-order valence-corrected chi connectivity index (χ1v) is 6.63. The van der Waals surface area contributed by atoms with Crippen molar-refractivity contribution in [2.24, 2.45) is 0 Å². The second-order valence-corrected chi connectivity index (χ2v) is 4.67. The van der Waals surface area contributed by atoms with Crippen LogP contribution in [0.5, 0.6) is 5.75 Å². The quantitative estimate of drug-likeness (QED) is 0.807. The Morgan fingerprint density at radius 1 is 1.37 bits per heavy atom. The molecule has 19 heavy (non-hydrogen) atoms. The third-order valence-electron chi connectivity index (χ3n) is 2.99. The smallest absolute Gasteiger partial charge is 0.191 e. The molecule has 1 aliphatic heterocycles. The molecular formula is C14H19F2NO2. The van der Waals surface area contributed by atoms with Crippen LogP contribution in [0.15, 0.2) is 12.1 Å². The van der Waals surface area contributed by atoms with Crippen molar-refractivity contribution >= 4 is 0 Å². The molecule has 5 heteroatoms. The molecule has 3 nitrogen and oxygen atoms in total. The van der Waals surface area contributed by atoms with Gasteiger partial charge < -0.3 is 14.8 Å². The molecular weight excluding hydrogens is 252 g/mol. The molecule has 1 aliphatic rings. The van der Waals surface area contributed by atoms with E-state index in [1.807, 2.05) is 6.92 Å². The molecule has 0 aliphatic carbocycles. The van der Waals surface area contributed by atoms with Crippen molar-refractivity contribution in [3.05, 3.63) is 29.3 Å². The van der Waals surface area contributed by atoms with Gasteiger partial charge in [-0.15, -0.1) is 0 Å². The lowest BCUT2D eigenvalue weighted by Crippen LogP contribution is -2.18. The first-order chi connectivity index (χ1) is 9.20. The van der Waals surface area contributed by atoms with Crippen LogP contribution >= 0.6 is 0 Å². The van der Waals surface area contributed by atoms with E-state index in [0.717, 1.165) is 13.0 Å². The maximum atomic E-state index is 13.8. The van der Waals surface area contributed by atoms with Gasteiger partial charge in [-0.2, -0.15) is 0 Å². The molecule has 0 radical (unpaired) electrons. The molecule has 1 unspecified atom stereocenters. The molecule has 1 aromatic rings. The lowest BCUT2D eigenvalue weighted by Gasteiger charge is -2.14. The molecule has 106 valence electrons. The molecule has 2 rings (SSSR count). The van der Waals surface area contributed by atoms with Gasteiger partial charge in [0.1, 0.15) is 6.10 Å². The Kier molecular flexibility index (Phi) is 5.10. The van der Waals surface area contributed by atoms with Crippen LogP contribution in [0.1, 0.15) is 25.3 Å². The zero-order valence-electron chi connectivity index (χ0n) is 11.0. The van der Waals surface area contributed by atoms with E-state index in [4.69, 9.17) is 9.47 Å². The zero-order valence-corrected chi connectivity index (χ0v) is 11.0. The monoisotopic (exact) mass is 271 g/mol. The summed E-state index contributed by atoms with van der Waals surface area (Å²) in [4.78, 5) is 0. The van der Waals surface area contributed by atoms with Gasteiger partial charge in [0, 0.05) is 13.0 Å². The van der Waals surface area contributed by atoms with Crippen molar-refractivity contribution in [1.29, 1.82) is 0 Å². The van der Waals surface area contributed by atoms with Crippen LogP contribution in [-0.2, 0) is 11.3 Å². The molecule has 0 bridgehead atoms. The average Bonchev–Trinajstić information content (AvgIpc) is 2.87. The molecule has 1 saturated heterocycles. The second kappa shape index (κ2) is 6.82. The highest BCUT2D eigenvalue weighted by Gasteiger charge is 2.21. The first-order valence-electron chi connectivity index (χ1n) is 6.63. The number of ether oxygens (including phenoxy) is 2. The molecule has 1 aromatic carbocycles. The summed E-state index contributed by atoms with van der Waals surface area (Å²) < 4.78 is 38.1. The molecule has 1 heterocycles. The minimum Gasteiger partial charge on any atom is -0.482 e. The summed E-state index contributed by atoms with van der Waals surface area (Å²) in [5.74, 6) is -1.60. The van der Waals surface area contributed by atoms with Crippen molar-refractivity contribution in [3.63, 3.8) is 0 Å². The van der Waals surface area contributed by atoms with Gasteiger partial charge in [0.15, 0.2) is 17.4 Å². The van der Waals surface area contributed by atoms with Gasteiger partial charge in [0.2, 0.25) is 0 Å². The van der Waals surface area contributed by atoms with Crippen molar-refractivity contribution in [2.45, 2.75) is 32.4 Å². The Morgan fingerprint density at radius 2 is 2.11 bits per heavy atom. The predicted molar refractivity (Wildman–Crippen MR) is 68.2 cm³/mol. The van der Waals surface area contributed by atoms with Crippen LogP contribution in [0.2, 0.25) is 0 Å². The second-order valence-electron chi connectivity index (χ2n) is 4.67. The van der Waals surface area contributed by atoms with E-state index in [1.165, 1.54) is 12.1 Å². The predicted octanol–water partition coefficient (Wildman–Crippen LogP) is 2.63. The maximum Gasteiger partial charge on any atom is 0.191 e. The first kappa shape index (κ1) is 14.2. The number of hydrogen-bond donors (Lipinski definition) is 1. The Morgan fingerprint density at radius 3 is 2.68 bits per heavy atom. The van der Waals surface area contributed by atoms with Crippen LogP contribution in [0, 0.1) is 11.6 Å². The Bertz CT molecular complexity index is 397. The molecule has 1 fully saturated rings. The summed E-state index contributed by atoms with van der Waals surface area (Å²) in [5, 5.41) is 3.10. The summed E-state index contributed by atoms with van der Waals surface area (Å²) in [6.45, 7) is 4.27. The van der Waals surface area contributed by atoms with E-state index in [2.05, 4.69) is 5.32 Å². The van der Waals surface area contributed by atoms with Gasteiger partial charge in [-0.05, 0) is 30.7 Å². The van der Waals surface area contributed by atoms with E-state index in [9.17, 15) is 8.78 Å². The number of nitrogens with one attached hydrogen (secondary N) is 1. The van der Waals surface area contributed by atoms with Gasteiger partial charge >= 0.3 is 0 Å². The van der Waals surface area contributed by atoms with Crippen molar-refractivity contribution in [2.75, 3.05) is 19.8 Å². The number of benzene rings is 1. The fourth-order valence-corrected chi connectivity index (χ4v) is 2.01. The van der Waals surface area contributed by atoms with Gasteiger partial charge in [0.05, 0.1) is 13.2 Å². The van der Waals surface area contributed by atoms with Crippen molar-refractivity contribution < 1.29 is 18.3 Å². The van der Waals surface area contributed by atoms with Crippen LogP contribution in [-0.4, -0.2) is 25.9 Å². The molecule has 0 spiro atoms. The Balaban J connectivity index is 2.03. The van der Waals surface area contributed by atoms with Crippen LogP contribution < -0.4 is 10.1 Å². The van der Waals surface area contributed by atoms with Crippen molar-refractivity contribution in [1.82, 2.24) is 5.32 Å². The largest absolute Gasteiger partial charge is 0.482 e. The van der Waals surface area contributed by atoms with Crippen LogP contribution in [0.4, 0.5) is 8.78 Å². The van der Waals surface area contributed by atoms with E-state index < -0.39 is 11.6 Å². The standard InChI is InChI=1S/C14H19F2NO2/c1-2-4-17-8-10-6-12(15)14(13(16)7-10)19-11-3-5-18-9-11/h6-7,11,17H,2-5,8-9H2,1H3. The van der Waals surface area contributed by atoms with Crippen LogP contribution in [0.3, 0.4) is 0 Å². The topological polar surface area (TPSA) is 30.5 Å². The molecule has 0 amide bonds. The molecule has 1 atom stereocenters. The molecule has 0 aromatic heterocycles. The number of rotatable bonds is 6. The zero-order chi connectivity index (χ0) is 13.7. The highest BCUT2D eigenvalue weighted by atomic mass is 19.1. The average molecular weight is 271 g/mol. The minimum absolute atomic E-state index is 0.256. The van der Waals surface area contributed by atoms with Crippen molar-refractivity contribution in [3.8, 4) is 5.75 Å². The van der Waals surface area contributed by atoms with E-state index >= 15 is 0 Å². The number of hydrogen-bond acceptors (Lipinski definition) is 3. The summed E-state index contributed by atoms with van der Waals surface area (Å²) in [6.07, 6.45) is 1.39. The molecule has 0 saturated carbocycles. The normalized spacial score (nSPS) is 18.8. The van der Waals surface area contributed by atoms with Gasteiger partial charge in [-0.3, -0.25) is 0 Å². The third-order valence-corrected chi connectivity index (χ3v) is 2.99. The lowest BCUT2D eigenvalue weighted by atomic mass is 10.2. The maximum absolute atomic E-state index is 13.8. The molecule has 1 N–H and O–H groups in total. The Labute approximate surface area is 111 Å². The Hall–Kier alpha value is -1.20. The fourth-order valence-electron chi connectivity index (χ4n) is 2.01. The van der Waals surface area contributed by atoms with Gasteiger partial charge in [-0.25, -0.2) is 8.78 Å². The highest BCUT2D eigenvalue weighted by Crippen LogP contribution is 2.26. The fraction of sp³-hybridized carbons (Fsp3) is 0.571. The summed E-state index contributed by atoms with van der Waals surface area (Å²) in [5.41, 5.74) is 0.582. The van der Waals surface area contributed by atoms with Gasteiger partial charge in [0.25, 0.3) is 0 Å². The summed E-state index contributed by atoms with van der Waals surface area (Å²) in [7, 11) is 0. The third kappa shape index (κ3) is 3.88. The van der Waals surface area contributed by atoms with E-state index in [0.29, 0.717) is 31.7 Å².